The van der Waals surface area contributed by atoms with Crippen LogP contribution in [0.2, 0.25) is 0 Å². The number of carbonyl (C=O) groups is 1. The molecule has 0 spiro atoms. The van der Waals surface area contributed by atoms with Gasteiger partial charge in [0.05, 0.1) is 12.7 Å². The maximum Gasteiger partial charge on any atom is 0.341 e. The lowest BCUT2D eigenvalue weighted by molar-refractivity contribution is 0.0600. The van der Waals surface area contributed by atoms with E-state index in [1.807, 2.05) is 12.1 Å². The lowest BCUT2D eigenvalue weighted by atomic mass is 10.2. The first-order chi connectivity index (χ1) is 12.7. The van der Waals surface area contributed by atoms with E-state index in [4.69, 9.17) is 0 Å². The second-order valence-corrected chi connectivity index (χ2v) is 6.71. The van der Waals surface area contributed by atoms with Gasteiger partial charge in [0.1, 0.15) is 0 Å². The third-order valence-corrected chi connectivity index (χ3v) is 4.94. The molecule has 2 aromatic rings. The molecule has 136 valence electrons. The van der Waals surface area contributed by atoms with Gasteiger partial charge in [-0.05, 0) is 37.1 Å². The van der Waals surface area contributed by atoms with Crippen molar-refractivity contribution in [2.24, 2.45) is 0 Å². The van der Waals surface area contributed by atoms with Gasteiger partial charge < -0.3 is 15.0 Å². The maximum atomic E-state index is 11.4. The third-order valence-electron chi connectivity index (χ3n) is 4.94. The fourth-order valence-electron chi connectivity index (χ4n) is 3.29. The van der Waals surface area contributed by atoms with E-state index in [0.717, 1.165) is 37.9 Å². The van der Waals surface area contributed by atoms with E-state index >= 15 is 0 Å². The number of aromatic nitrogens is 2. The predicted octanol–water partition coefficient (Wildman–Crippen LogP) is 2.29. The van der Waals surface area contributed by atoms with Crippen LogP contribution in [0, 0.1) is 0 Å². The van der Waals surface area contributed by atoms with Crippen LogP contribution in [0.3, 0.4) is 0 Å². The second-order valence-electron chi connectivity index (χ2n) is 6.71. The Morgan fingerprint density at radius 2 is 1.73 bits per heavy atom. The van der Waals surface area contributed by atoms with Gasteiger partial charge in [0.2, 0.25) is 5.95 Å². The Bertz CT molecular complexity index is 751. The van der Waals surface area contributed by atoms with Gasteiger partial charge in [-0.3, -0.25) is 4.90 Å². The summed E-state index contributed by atoms with van der Waals surface area (Å²) in [5, 5.41) is 3.15. The van der Waals surface area contributed by atoms with Gasteiger partial charge in [-0.2, -0.15) is 0 Å². The lowest BCUT2D eigenvalue weighted by Crippen LogP contribution is -2.47. The molecule has 7 heteroatoms. The highest BCUT2D eigenvalue weighted by Gasteiger charge is 2.31. The van der Waals surface area contributed by atoms with Crippen molar-refractivity contribution in [1.29, 1.82) is 0 Å². The standard InChI is InChI=1S/C19H23N5O2/c1-26-18(25)14-12-20-19(21-13-14)22-15-2-4-16(5-3-15)23-8-10-24(11-9-23)17-6-7-17/h2-5,12-13,17H,6-11H2,1H3,(H,20,21,22). The van der Waals surface area contributed by atoms with Gasteiger partial charge >= 0.3 is 5.97 Å². The number of esters is 1. The van der Waals surface area contributed by atoms with Crippen molar-refractivity contribution in [2.75, 3.05) is 43.5 Å². The Balaban J connectivity index is 1.34. The number of nitrogens with zero attached hydrogens (tertiary/aromatic N) is 4. The molecule has 0 atom stereocenters. The SMILES string of the molecule is COC(=O)c1cnc(Nc2ccc(N3CCN(C4CC4)CC3)cc2)nc1. The quantitative estimate of drug-likeness (QED) is 0.827. The summed E-state index contributed by atoms with van der Waals surface area (Å²) >= 11 is 0. The highest BCUT2D eigenvalue weighted by molar-refractivity contribution is 5.88. The van der Waals surface area contributed by atoms with E-state index in [1.165, 1.54) is 38.0 Å². The van der Waals surface area contributed by atoms with Crippen molar-refractivity contribution in [3.05, 3.63) is 42.2 Å². The zero-order valence-corrected chi connectivity index (χ0v) is 14.9. The molecule has 1 aliphatic heterocycles. The van der Waals surface area contributed by atoms with Crippen molar-refractivity contribution in [3.63, 3.8) is 0 Å². The highest BCUT2D eigenvalue weighted by Crippen LogP contribution is 2.28. The largest absolute Gasteiger partial charge is 0.465 e. The molecule has 1 N–H and O–H groups in total. The van der Waals surface area contributed by atoms with Crippen LogP contribution >= 0.6 is 0 Å². The molecule has 1 saturated carbocycles. The van der Waals surface area contributed by atoms with Crippen LogP contribution in [0.15, 0.2) is 36.7 Å². The summed E-state index contributed by atoms with van der Waals surface area (Å²) < 4.78 is 4.64. The molecule has 4 rings (SSSR count). The molecule has 7 nitrogen and oxygen atoms in total. The number of carbonyl (C=O) groups excluding carboxylic acids is 1. The number of anilines is 3. The van der Waals surface area contributed by atoms with Crippen LogP contribution in [0.1, 0.15) is 23.2 Å². The molecule has 2 aliphatic rings. The number of ether oxygens (including phenoxy) is 1. The molecular weight excluding hydrogens is 330 g/mol. The molecule has 0 bridgehead atoms. The Morgan fingerprint density at radius 3 is 2.31 bits per heavy atom. The van der Waals surface area contributed by atoms with Crippen LogP contribution in [-0.4, -0.2) is 60.2 Å². The average Bonchev–Trinajstić information content (AvgIpc) is 3.54. The van der Waals surface area contributed by atoms with E-state index in [1.54, 1.807) is 0 Å². The van der Waals surface area contributed by atoms with Gasteiger partial charge in [-0.25, -0.2) is 14.8 Å². The number of piperazine rings is 1. The predicted molar refractivity (Wildman–Crippen MR) is 99.9 cm³/mol. The van der Waals surface area contributed by atoms with Crippen LogP contribution in [0.4, 0.5) is 17.3 Å². The minimum absolute atomic E-state index is 0.332. The normalized spacial score (nSPS) is 17.8. The molecule has 0 radical (unpaired) electrons. The molecular formula is C19H23N5O2. The first kappa shape index (κ1) is 16.8. The van der Waals surface area contributed by atoms with Crippen molar-refractivity contribution in [3.8, 4) is 0 Å². The van der Waals surface area contributed by atoms with E-state index in [-0.39, 0.29) is 0 Å². The Hall–Kier alpha value is -2.67. The van der Waals surface area contributed by atoms with Gasteiger partial charge in [0.15, 0.2) is 0 Å². The second kappa shape index (κ2) is 7.29. The molecule has 2 heterocycles. The summed E-state index contributed by atoms with van der Waals surface area (Å²) in [5.41, 5.74) is 2.49. The van der Waals surface area contributed by atoms with Crippen LogP contribution < -0.4 is 10.2 Å². The van der Waals surface area contributed by atoms with Gasteiger partial charge in [0, 0.05) is 56.0 Å². The summed E-state index contributed by atoms with van der Waals surface area (Å²) in [6.45, 7) is 4.48. The van der Waals surface area contributed by atoms with Crippen LogP contribution in [-0.2, 0) is 4.74 Å². The summed E-state index contributed by atoms with van der Waals surface area (Å²) in [6, 6.07) is 9.16. The lowest BCUT2D eigenvalue weighted by Gasteiger charge is -2.36. The Labute approximate surface area is 153 Å². The number of hydrogen-bond acceptors (Lipinski definition) is 7. The van der Waals surface area contributed by atoms with E-state index in [2.05, 4.69) is 42.0 Å². The minimum atomic E-state index is -0.442. The number of rotatable bonds is 5. The zero-order valence-electron chi connectivity index (χ0n) is 14.9. The van der Waals surface area contributed by atoms with E-state index < -0.39 is 5.97 Å². The molecule has 1 aromatic carbocycles. The number of nitrogens with one attached hydrogen (secondary N) is 1. The van der Waals surface area contributed by atoms with Crippen LogP contribution in [0.5, 0.6) is 0 Å². The maximum absolute atomic E-state index is 11.4. The summed E-state index contributed by atoms with van der Waals surface area (Å²) in [4.78, 5) is 24.7. The fourth-order valence-corrected chi connectivity index (χ4v) is 3.29. The van der Waals surface area contributed by atoms with Crippen molar-refractivity contribution in [2.45, 2.75) is 18.9 Å². The zero-order chi connectivity index (χ0) is 17.9. The molecule has 1 aliphatic carbocycles. The first-order valence-electron chi connectivity index (χ1n) is 8.99. The highest BCUT2D eigenvalue weighted by atomic mass is 16.5. The molecule has 1 aromatic heterocycles. The van der Waals surface area contributed by atoms with Gasteiger partial charge in [-0.15, -0.1) is 0 Å². The average molecular weight is 353 g/mol. The summed E-state index contributed by atoms with van der Waals surface area (Å²) in [6.07, 6.45) is 5.66. The molecule has 0 amide bonds. The molecule has 26 heavy (non-hydrogen) atoms. The van der Waals surface area contributed by atoms with Crippen molar-refractivity contribution < 1.29 is 9.53 Å². The Kier molecular flexibility index (Phi) is 4.71. The van der Waals surface area contributed by atoms with Gasteiger partial charge in [0.25, 0.3) is 0 Å². The van der Waals surface area contributed by atoms with Crippen molar-refractivity contribution >= 4 is 23.3 Å². The molecule has 1 saturated heterocycles. The molecule has 2 fully saturated rings. The third kappa shape index (κ3) is 3.77. The molecule has 0 unspecified atom stereocenters. The van der Waals surface area contributed by atoms with Crippen molar-refractivity contribution in [1.82, 2.24) is 14.9 Å². The Morgan fingerprint density at radius 1 is 1.08 bits per heavy atom. The smallest absolute Gasteiger partial charge is 0.341 e. The monoisotopic (exact) mass is 353 g/mol. The summed E-state index contributed by atoms with van der Waals surface area (Å²) in [7, 11) is 1.34. The summed E-state index contributed by atoms with van der Waals surface area (Å²) in [5.74, 6) is 0.00568. The van der Waals surface area contributed by atoms with Gasteiger partial charge in [-0.1, -0.05) is 0 Å². The van der Waals surface area contributed by atoms with E-state index in [9.17, 15) is 4.79 Å². The number of hydrogen-bond donors (Lipinski definition) is 1. The van der Waals surface area contributed by atoms with E-state index in [0.29, 0.717) is 11.5 Å². The van der Waals surface area contributed by atoms with Crippen LogP contribution in [0.25, 0.3) is 0 Å². The number of benzene rings is 1. The number of methoxy groups -OCH3 is 1. The minimum Gasteiger partial charge on any atom is -0.465 e. The first-order valence-corrected chi connectivity index (χ1v) is 8.99. The topological polar surface area (TPSA) is 70.6 Å². The fraction of sp³-hybridized carbons (Fsp3) is 0.421.